The van der Waals surface area contributed by atoms with Gasteiger partial charge in [0.05, 0.1) is 16.1 Å². The van der Waals surface area contributed by atoms with Crippen LogP contribution in [0, 0.1) is 18.3 Å². The van der Waals surface area contributed by atoms with Gasteiger partial charge in [0.2, 0.25) is 5.88 Å². The van der Waals surface area contributed by atoms with Gasteiger partial charge in [-0.3, -0.25) is 0 Å². The molecule has 0 fully saturated rings. The van der Waals surface area contributed by atoms with E-state index in [1.165, 1.54) is 0 Å². The van der Waals surface area contributed by atoms with Crippen molar-refractivity contribution in [2.45, 2.75) is 6.92 Å². The van der Waals surface area contributed by atoms with Crippen LogP contribution < -0.4 is 4.74 Å². The molecule has 4 heteroatoms. The highest BCUT2D eigenvalue weighted by Gasteiger charge is 2.09. The molecule has 0 aliphatic heterocycles. The van der Waals surface area contributed by atoms with Crippen molar-refractivity contribution in [3.63, 3.8) is 0 Å². The first-order chi connectivity index (χ1) is 10.2. The molecule has 0 saturated carbocycles. The van der Waals surface area contributed by atoms with E-state index in [4.69, 9.17) is 10.00 Å². The summed E-state index contributed by atoms with van der Waals surface area (Å²) in [7, 11) is 0. The Balaban J connectivity index is 2.04. The second-order valence-corrected chi connectivity index (χ2v) is 5.44. The van der Waals surface area contributed by atoms with Crippen LogP contribution >= 0.6 is 15.9 Å². The van der Waals surface area contributed by atoms with Crippen molar-refractivity contribution in [1.82, 2.24) is 4.98 Å². The Kier molecular flexibility index (Phi) is 3.59. The minimum absolute atomic E-state index is 0.419. The highest BCUT2D eigenvalue weighted by atomic mass is 79.9. The van der Waals surface area contributed by atoms with E-state index in [0.717, 1.165) is 20.9 Å². The fraction of sp³-hybridized carbons (Fsp3) is 0.0588. The first kappa shape index (κ1) is 13.6. The van der Waals surface area contributed by atoms with Gasteiger partial charge in [0.1, 0.15) is 5.75 Å². The Morgan fingerprint density at radius 3 is 2.76 bits per heavy atom. The Morgan fingerprint density at radius 1 is 1.14 bits per heavy atom. The summed E-state index contributed by atoms with van der Waals surface area (Å²) in [6.45, 7) is 1.84. The zero-order valence-corrected chi connectivity index (χ0v) is 12.9. The quantitative estimate of drug-likeness (QED) is 0.662. The van der Waals surface area contributed by atoms with Crippen molar-refractivity contribution in [3.05, 3.63) is 64.3 Å². The summed E-state index contributed by atoms with van der Waals surface area (Å²) in [5.74, 6) is 1.10. The fourth-order valence-electron chi connectivity index (χ4n) is 2.16. The van der Waals surface area contributed by atoms with E-state index in [2.05, 4.69) is 27.0 Å². The first-order valence-electron chi connectivity index (χ1n) is 6.41. The number of benzene rings is 2. The lowest BCUT2D eigenvalue weighted by Crippen LogP contribution is -1.92. The second kappa shape index (κ2) is 5.55. The van der Waals surface area contributed by atoms with E-state index >= 15 is 0 Å². The second-order valence-electron chi connectivity index (χ2n) is 4.65. The van der Waals surface area contributed by atoms with Crippen LogP contribution in [0.3, 0.4) is 0 Å². The Labute approximate surface area is 130 Å². The van der Waals surface area contributed by atoms with Crippen LogP contribution in [0.5, 0.6) is 11.6 Å². The molecule has 3 rings (SSSR count). The monoisotopic (exact) mass is 338 g/mol. The smallest absolute Gasteiger partial charge is 0.220 e. The Morgan fingerprint density at radius 2 is 1.95 bits per heavy atom. The molecular formula is C17H11BrN2O. The maximum absolute atomic E-state index is 9.01. The van der Waals surface area contributed by atoms with Crippen molar-refractivity contribution in [1.29, 1.82) is 5.26 Å². The summed E-state index contributed by atoms with van der Waals surface area (Å²) in [6, 6.07) is 17.4. The van der Waals surface area contributed by atoms with E-state index in [-0.39, 0.29) is 0 Å². The molecule has 1 aromatic heterocycles. The highest BCUT2D eigenvalue weighted by molar-refractivity contribution is 9.10. The molecule has 0 saturated heterocycles. The van der Waals surface area contributed by atoms with Gasteiger partial charge in [-0.1, -0.05) is 30.3 Å². The fourth-order valence-corrected chi connectivity index (χ4v) is 2.73. The van der Waals surface area contributed by atoms with Crippen LogP contribution in [0.15, 0.2) is 53.0 Å². The number of hydrogen-bond donors (Lipinski definition) is 0. The number of aryl methyl sites for hydroxylation is 1. The average molecular weight is 339 g/mol. The Hall–Kier alpha value is -2.38. The van der Waals surface area contributed by atoms with E-state index in [1.54, 1.807) is 12.1 Å². The molecule has 0 unspecified atom stereocenters. The molecule has 0 amide bonds. The topological polar surface area (TPSA) is 45.9 Å². The molecule has 0 atom stereocenters. The number of nitrogens with zero attached hydrogens (tertiary/aromatic N) is 2. The number of halogens is 1. The van der Waals surface area contributed by atoms with Gasteiger partial charge >= 0.3 is 0 Å². The van der Waals surface area contributed by atoms with Crippen molar-refractivity contribution >= 4 is 26.7 Å². The third-order valence-electron chi connectivity index (χ3n) is 3.10. The van der Waals surface area contributed by atoms with Gasteiger partial charge in [-0.2, -0.15) is 5.26 Å². The molecule has 102 valence electrons. The van der Waals surface area contributed by atoms with Gasteiger partial charge in [-0.05, 0) is 45.8 Å². The van der Waals surface area contributed by atoms with Crippen LogP contribution in [0.1, 0.15) is 11.3 Å². The Bertz CT molecular complexity index is 868. The molecule has 0 N–H and O–H groups in total. The van der Waals surface area contributed by atoms with Crippen LogP contribution in [0.25, 0.3) is 10.8 Å². The van der Waals surface area contributed by atoms with E-state index in [0.29, 0.717) is 17.2 Å². The third-order valence-corrected chi connectivity index (χ3v) is 3.92. The molecule has 0 aliphatic carbocycles. The van der Waals surface area contributed by atoms with E-state index in [1.807, 2.05) is 43.3 Å². The first-order valence-corrected chi connectivity index (χ1v) is 7.20. The normalized spacial score (nSPS) is 10.3. The minimum atomic E-state index is 0.419. The molecule has 1 heterocycles. The van der Waals surface area contributed by atoms with Crippen LogP contribution in [0.4, 0.5) is 0 Å². The standard InChI is InChI=1S/C17H11BrN2O/c1-11-8-12(10-19)9-16(20-11)21-15-7-6-13-4-2-3-5-14(13)17(15)18/h2-9H,1H3. The van der Waals surface area contributed by atoms with Crippen LogP contribution in [-0.4, -0.2) is 4.98 Å². The maximum atomic E-state index is 9.01. The molecule has 3 aromatic rings. The number of fused-ring (bicyclic) bond motifs is 1. The molecule has 2 aromatic carbocycles. The largest absolute Gasteiger partial charge is 0.438 e. The highest BCUT2D eigenvalue weighted by Crippen LogP contribution is 2.35. The zero-order chi connectivity index (χ0) is 14.8. The molecule has 21 heavy (non-hydrogen) atoms. The van der Waals surface area contributed by atoms with Crippen LogP contribution in [0.2, 0.25) is 0 Å². The lowest BCUT2D eigenvalue weighted by molar-refractivity contribution is 0.459. The number of aromatic nitrogens is 1. The summed E-state index contributed by atoms with van der Waals surface area (Å²) in [5, 5.41) is 11.2. The summed E-state index contributed by atoms with van der Waals surface area (Å²) in [5.41, 5.74) is 1.29. The predicted octanol–water partition coefficient (Wildman–Crippen LogP) is 4.97. The summed E-state index contributed by atoms with van der Waals surface area (Å²) in [4.78, 5) is 4.30. The number of nitriles is 1. The van der Waals surface area contributed by atoms with Crippen molar-refractivity contribution in [2.24, 2.45) is 0 Å². The number of ether oxygens (including phenoxy) is 1. The molecular weight excluding hydrogens is 328 g/mol. The lowest BCUT2D eigenvalue weighted by Gasteiger charge is -2.10. The van der Waals surface area contributed by atoms with Crippen molar-refractivity contribution in [3.8, 4) is 17.7 Å². The zero-order valence-electron chi connectivity index (χ0n) is 11.3. The summed E-state index contributed by atoms with van der Waals surface area (Å²) in [6.07, 6.45) is 0. The molecule has 3 nitrogen and oxygen atoms in total. The van der Waals surface area contributed by atoms with Crippen molar-refractivity contribution in [2.75, 3.05) is 0 Å². The third kappa shape index (κ3) is 2.74. The lowest BCUT2D eigenvalue weighted by atomic mass is 10.1. The summed E-state index contributed by atoms with van der Waals surface area (Å²) >= 11 is 3.58. The van der Waals surface area contributed by atoms with Gasteiger partial charge in [0, 0.05) is 11.8 Å². The van der Waals surface area contributed by atoms with Gasteiger partial charge in [0.25, 0.3) is 0 Å². The van der Waals surface area contributed by atoms with Crippen LogP contribution in [-0.2, 0) is 0 Å². The molecule has 0 spiro atoms. The van der Waals surface area contributed by atoms with Crippen molar-refractivity contribution < 1.29 is 4.74 Å². The number of hydrogen-bond acceptors (Lipinski definition) is 3. The molecule has 0 bridgehead atoms. The minimum Gasteiger partial charge on any atom is -0.438 e. The number of rotatable bonds is 2. The van der Waals surface area contributed by atoms with Gasteiger partial charge in [-0.15, -0.1) is 0 Å². The van der Waals surface area contributed by atoms with E-state index in [9.17, 15) is 0 Å². The molecule has 0 aliphatic rings. The molecule has 0 radical (unpaired) electrons. The average Bonchev–Trinajstić information content (AvgIpc) is 2.50. The maximum Gasteiger partial charge on any atom is 0.220 e. The number of pyridine rings is 1. The SMILES string of the molecule is Cc1cc(C#N)cc(Oc2ccc3ccccc3c2Br)n1. The predicted molar refractivity (Wildman–Crippen MR) is 85.4 cm³/mol. The summed E-state index contributed by atoms with van der Waals surface area (Å²) < 4.78 is 6.71. The van der Waals surface area contributed by atoms with Gasteiger partial charge in [0.15, 0.2) is 0 Å². The van der Waals surface area contributed by atoms with Gasteiger partial charge < -0.3 is 4.74 Å². The van der Waals surface area contributed by atoms with Gasteiger partial charge in [-0.25, -0.2) is 4.98 Å². The van der Waals surface area contributed by atoms with E-state index < -0.39 is 0 Å².